The minimum atomic E-state index is -0.872. The first-order chi connectivity index (χ1) is 9.41. The van der Waals surface area contributed by atoms with Crippen LogP contribution in [-0.2, 0) is 4.79 Å². The molecule has 0 aromatic heterocycles. The molecule has 0 aromatic rings. The molecular weight excluding hydrogens is 258 g/mol. The van der Waals surface area contributed by atoms with E-state index in [1.165, 1.54) is 12.8 Å². The SMILES string of the molecule is CC(C)N(CCC(=O)O)C(=O)N(C)CCN1CCCC1. The molecule has 116 valence electrons. The van der Waals surface area contributed by atoms with E-state index < -0.39 is 5.97 Å². The van der Waals surface area contributed by atoms with Crippen molar-refractivity contribution in [3.8, 4) is 0 Å². The first-order valence-corrected chi connectivity index (χ1v) is 7.37. The van der Waals surface area contributed by atoms with Gasteiger partial charge in [0.15, 0.2) is 0 Å². The summed E-state index contributed by atoms with van der Waals surface area (Å²) < 4.78 is 0. The van der Waals surface area contributed by atoms with Gasteiger partial charge in [0.05, 0.1) is 6.42 Å². The summed E-state index contributed by atoms with van der Waals surface area (Å²) in [6, 6.07) is -0.0727. The van der Waals surface area contributed by atoms with Gasteiger partial charge in [0.2, 0.25) is 0 Å². The minimum absolute atomic E-state index is 0.0100. The van der Waals surface area contributed by atoms with Crippen molar-refractivity contribution in [2.45, 2.75) is 39.2 Å². The molecular formula is C14H27N3O3. The number of carbonyl (C=O) groups is 2. The van der Waals surface area contributed by atoms with E-state index in [9.17, 15) is 9.59 Å². The second kappa shape index (κ2) is 8.09. The molecule has 6 heteroatoms. The fraction of sp³-hybridized carbons (Fsp3) is 0.857. The van der Waals surface area contributed by atoms with Crippen LogP contribution in [0.2, 0.25) is 0 Å². The van der Waals surface area contributed by atoms with Crippen molar-refractivity contribution in [1.29, 1.82) is 0 Å². The van der Waals surface area contributed by atoms with Crippen LogP contribution < -0.4 is 0 Å². The molecule has 0 atom stereocenters. The Hall–Kier alpha value is -1.30. The fourth-order valence-corrected chi connectivity index (χ4v) is 2.40. The summed E-state index contributed by atoms with van der Waals surface area (Å²) in [4.78, 5) is 28.7. The van der Waals surface area contributed by atoms with Gasteiger partial charge in [-0.1, -0.05) is 0 Å². The van der Waals surface area contributed by atoms with E-state index in [1.807, 2.05) is 13.8 Å². The van der Waals surface area contributed by atoms with Crippen molar-refractivity contribution in [1.82, 2.24) is 14.7 Å². The number of hydrogen-bond donors (Lipinski definition) is 1. The number of carboxylic acids is 1. The van der Waals surface area contributed by atoms with Gasteiger partial charge in [0.25, 0.3) is 0 Å². The topological polar surface area (TPSA) is 64.1 Å². The number of aliphatic carboxylic acids is 1. The Morgan fingerprint density at radius 2 is 1.80 bits per heavy atom. The van der Waals surface area contributed by atoms with Crippen LogP contribution in [0.15, 0.2) is 0 Å². The molecule has 0 saturated carbocycles. The second-order valence-corrected chi connectivity index (χ2v) is 5.68. The molecule has 1 fully saturated rings. The number of hydrogen-bond acceptors (Lipinski definition) is 3. The number of urea groups is 1. The first kappa shape index (κ1) is 16.8. The maximum absolute atomic E-state index is 12.3. The molecule has 0 aromatic carbocycles. The van der Waals surface area contributed by atoms with E-state index in [1.54, 1.807) is 16.8 Å². The summed E-state index contributed by atoms with van der Waals surface area (Å²) in [7, 11) is 1.79. The normalized spacial score (nSPS) is 15.6. The average Bonchev–Trinajstić information content (AvgIpc) is 2.88. The zero-order valence-electron chi connectivity index (χ0n) is 12.8. The van der Waals surface area contributed by atoms with Crippen LogP contribution in [0.4, 0.5) is 4.79 Å². The van der Waals surface area contributed by atoms with Crippen LogP contribution in [-0.4, -0.2) is 77.6 Å². The lowest BCUT2D eigenvalue weighted by Crippen LogP contribution is -2.47. The zero-order valence-corrected chi connectivity index (χ0v) is 12.8. The quantitative estimate of drug-likeness (QED) is 0.766. The maximum atomic E-state index is 12.3. The van der Waals surface area contributed by atoms with Gasteiger partial charge in [-0.15, -0.1) is 0 Å². The van der Waals surface area contributed by atoms with Crippen molar-refractivity contribution >= 4 is 12.0 Å². The lowest BCUT2D eigenvalue weighted by molar-refractivity contribution is -0.137. The predicted octanol–water partition coefficient (Wildman–Crippen LogP) is 1.32. The van der Waals surface area contributed by atoms with Gasteiger partial charge in [-0.25, -0.2) is 4.79 Å². The summed E-state index contributed by atoms with van der Waals surface area (Å²) in [6.45, 7) is 7.91. The monoisotopic (exact) mass is 285 g/mol. The lowest BCUT2D eigenvalue weighted by Gasteiger charge is -2.31. The molecule has 1 aliphatic rings. The Labute approximate surface area is 121 Å². The van der Waals surface area contributed by atoms with Crippen molar-refractivity contribution in [3.63, 3.8) is 0 Å². The highest BCUT2D eigenvalue weighted by atomic mass is 16.4. The third-order valence-electron chi connectivity index (χ3n) is 3.71. The van der Waals surface area contributed by atoms with Gasteiger partial charge in [0.1, 0.15) is 0 Å². The van der Waals surface area contributed by atoms with Gasteiger partial charge in [-0.2, -0.15) is 0 Å². The molecule has 0 bridgehead atoms. The zero-order chi connectivity index (χ0) is 15.1. The summed E-state index contributed by atoms with van der Waals surface area (Å²) in [5, 5.41) is 8.75. The van der Waals surface area contributed by atoms with E-state index in [2.05, 4.69) is 4.90 Å². The molecule has 1 heterocycles. The lowest BCUT2D eigenvalue weighted by atomic mass is 10.3. The molecule has 1 N–H and O–H groups in total. The number of carbonyl (C=O) groups excluding carboxylic acids is 1. The third-order valence-corrected chi connectivity index (χ3v) is 3.71. The largest absolute Gasteiger partial charge is 0.481 e. The van der Waals surface area contributed by atoms with Crippen LogP contribution in [0.3, 0.4) is 0 Å². The molecule has 2 amide bonds. The summed E-state index contributed by atoms with van der Waals surface area (Å²) in [5.41, 5.74) is 0. The molecule has 0 spiro atoms. The van der Waals surface area contributed by atoms with Crippen molar-refractivity contribution in [2.75, 3.05) is 39.8 Å². The maximum Gasteiger partial charge on any atom is 0.320 e. The predicted molar refractivity (Wildman–Crippen MR) is 77.8 cm³/mol. The van der Waals surface area contributed by atoms with Crippen LogP contribution in [0.1, 0.15) is 33.1 Å². The van der Waals surface area contributed by atoms with E-state index in [0.717, 1.165) is 19.6 Å². The molecule has 0 radical (unpaired) electrons. The van der Waals surface area contributed by atoms with E-state index in [4.69, 9.17) is 5.11 Å². The minimum Gasteiger partial charge on any atom is -0.481 e. The number of amides is 2. The molecule has 0 aliphatic carbocycles. The van der Waals surface area contributed by atoms with Crippen molar-refractivity contribution in [3.05, 3.63) is 0 Å². The fourth-order valence-electron chi connectivity index (χ4n) is 2.40. The highest BCUT2D eigenvalue weighted by Gasteiger charge is 2.22. The summed E-state index contributed by atoms with van der Waals surface area (Å²) in [6.07, 6.45) is 2.48. The summed E-state index contributed by atoms with van der Waals surface area (Å²) >= 11 is 0. The first-order valence-electron chi connectivity index (χ1n) is 7.37. The molecule has 1 rings (SSSR count). The summed E-state index contributed by atoms with van der Waals surface area (Å²) in [5.74, 6) is -0.872. The van der Waals surface area contributed by atoms with Gasteiger partial charge in [-0.3, -0.25) is 4.79 Å². The van der Waals surface area contributed by atoms with Crippen molar-refractivity contribution in [2.24, 2.45) is 0 Å². The molecule has 1 aliphatic heterocycles. The van der Waals surface area contributed by atoms with Crippen LogP contribution in [0.25, 0.3) is 0 Å². The van der Waals surface area contributed by atoms with Crippen LogP contribution in [0.5, 0.6) is 0 Å². The van der Waals surface area contributed by atoms with Gasteiger partial charge < -0.3 is 19.8 Å². The smallest absolute Gasteiger partial charge is 0.320 e. The van der Waals surface area contributed by atoms with Crippen LogP contribution in [0, 0.1) is 0 Å². The molecule has 1 saturated heterocycles. The van der Waals surface area contributed by atoms with Gasteiger partial charge >= 0.3 is 12.0 Å². The number of carboxylic acid groups (broad SMARTS) is 1. The number of likely N-dealkylation sites (tertiary alicyclic amines) is 1. The van der Waals surface area contributed by atoms with E-state index >= 15 is 0 Å². The Morgan fingerprint density at radius 1 is 1.20 bits per heavy atom. The Balaban J connectivity index is 2.43. The number of nitrogens with zero attached hydrogens (tertiary/aromatic N) is 3. The third kappa shape index (κ3) is 5.36. The average molecular weight is 285 g/mol. The molecule has 20 heavy (non-hydrogen) atoms. The van der Waals surface area contributed by atoms with E-state index in [-0.39, 0.29) is 25.0 Å². The Kier molecular flexibility index (Phi) is 6.78. The molecule has 0 unspecified atom stereocenters. The Bertz CT molecular complexity index is 328. The molecule has 6 nitrogen and oxygen atoms in total. The highest BCUT2D eigenvalue weighted by Crippen LogP contribution is 2.08. The van der Waals surface area contributed by atoms with Gasteiger partial charge in [-0.05, 0) is 39.8 Å². The standard InChI is InChI=1S/C14H27N3O3/c1-12(2)17(9-6-13(18)19)14(20)15(3)10-11-16-7-4-5-8-16/h12H,4-11H2,1-3H3,(H,18,19). The second-order valence-electron chi connectivity index (χ2n) is 5.68. The van der Waals surface area contributed by atoms with Gasteiger partial charge in [0, 0.05) is 32.7 Å². The number of rotatable bonds is 7. The van der Waals surface area contributed by atoms with Crippen LogP contribution >= 0.6 is 0 Å². The Morgan fingerprint density at radius 3 is 2.30 bits per heavy atom. The highest BCUT2D eigenvalue weighted by molar-refractivity contribution is 5.75. The van der Waals surface area contributed by atoms with E-state index in [0.29, 0.717) is 6.54 Å². The number of likely N-dealkylation sites (N-methyl/N-ethyl adjacent to an activating group) is 1. The van der Waals surface area contributed by atoms with Crippen molar-refractivity contribution < 1.29 is 14.7 Å².